The third kappa shape index (κ3) is 5.01. The Morgan fingerprint density at radius 2 is 2.00 bits per heavy atom. The van der Waals surface area contributed by atoms with E-state index in [1.54, 1.807) is 13.8 Å². The second-order valence-electron chi connectivity index (χ2n) is 6.65. The van der Waals surface area contributed by atoms with E-state index in [0.29, 0.717) is 10.6 Å². The van der Waals surface area contributed by atoms with Crippen LogP contribution in [0.3, 0.4) is 0 Å². The maximum absolute atomic E-state index is 12.5. The molecule has 1 aromatic carbocycles. The number of rotatable bonds is 8. The van der Waals surface area contributed by atoms with Crippen LogP contribution in [0, 0.1) is 6.92 Å². The van der Waals surface area contributed by atoms with Gasteiger partial charge in [0.25, 0.3) is 5.91 Å². The first-order chi connectivity index (χ1) is 14.4. The molecule has 2 N–H and O–H groups in total. The molecule has 1 aliphatic rings. The van der Waals surface area contributed by atoms with Crippen LogP contribution < -0.4 is 10.6 Å². The van der Waals surface area contributed by atoms with Crippen molar-refractivity contribution in [2.24, 2.45) is 0 Å². The first-order valence-corrected chi connectivity index (χ1v) is 10.3. The lowest BCUT2D eigenvalue weighted by molar-refractivity contribution is -0.128. The summed E-state index contributed by atoms with van der Waals surface area (Å²) in [5.74, 6) is -1.19. The van der Waals surface area contributed by atoms with Gasteiger partial charge in [0.15, 0.2) is 5.13 Å². The van der Waals surface area contributed by atoms with E-state index < -0.39 is 18.0 Å². The summed E-state index contributed by atoms with van der Waals surface area (Å²) in [6, 6.07) is 7.98. The maximum Gasteiger partial charge on any atom is 0.350 e. The van der Waals surface area contributed by atoms with Crippen molar-refractivity contribution in [1.29, 1.82) is 0 Å². The number of hydrogen-bond acceptors (Lipinski definition) is 7. The van der Waals surface area contributed by atoms with Gasteiger partial charge in [-0.1, -0.05) is 41.7 Å². The number of imide groups is 1. The lowest BCUT2D eigenvalue weighted by Crippen LogP contribution is -2.31. The van der Waals surface area contributed by atoms with Crippen LogP contribution in [0.5, 0.6) is 0 Å². The number of carbonyl (C=O) groups excluding carboxylic acids is 4. The highest BCUT2D eigenvalue weighted by molar-refractivity contribution is 7.17. The Kier molecular flexibility index (Phi) is 6.78. The summed E-state index contributed by atoms with van der Waals surface area (Å²) in [5.41, 5.74) is 1.32. The van der Waals surface area contributed by atoms with E-state index in [4.69, 9.17) is 4.74 Å². The van der Waals surface area contributed by atoms with Crippen molar-refractivity contribution in [1.82, 2.24) is 15.2 Å². The van der Waals surface area contributed by atoms with Crippen LogP contribution in [0.1, 0.15) is 40.7 Å². The molecule has 1 fully saturated rings. The standard InChI is InChI=1S/C20H22N4O5S/c1-3-29-18(27)16-12(2)21-19(30-16)23-15(25)10-9-14-17(26)24(20(28)22-14)11-13-7-5-4-6-8-13/h4-8,14H,3,9-11H2,1-2H3,(H,22,28)(H,21,23,25)/t14-/m0/s1. The molecule has 1 atom stereocenters. The quantitative estimate of drug-likeness (QED) is 0.491. The van der Waals surface area contributed by atoms with Crippen LogP contribution in [-0.2, 0) is 20.9 Å². The molecule has 0 bridgehead atoms. The number of nitrogens with zero attached hydrogens (tertiary/aromatic N) is 2. The maximum atomic E-state index is 12.5. The number of amides is 4. The van der Waals surface area contributed by atoms with Crippen LogP contribution in [0.15, 0.2) is 30.3 Å². The van der Waals surface area contributed by atoms with E-state index in [-0.39, 0.29) is 42.9 Å². The molecule has 2 heterocycles. The molecule has 1 aliphatic heterocycles. The normalized spacial score (nSPS) is 15.8. The molecule has 4 amide bonds. The number of anilines is 1. The van der Waals surface area contributed by atoms with Crippen molar-refractivity contribution in [3.63, 3.8) is 0 Å². The minimum atomic E-state index is -0.750. The van der Waals surface area contributed by atoms with E-state index >= 15 is 0 Å². The molecule has 0 unspecified atom stereocenters. The van der Waals surface area contributed by atoms with Crippen LogP contribution in [0.25, 0.3) is 0 Å². The van der Waals surface area contributed by atoms with Gasteiger partial charge in [-0.2, -0.15) is 0 Å². The zero-order valence-electron chi connectivity index (χ0n) is 16.6. The molecule has 0 saturated carbocycles. The van der Waals surface area contributed by atoms with E-state index in [2.05, 4.69) is 15.6 Å². The van der Waals surface area contributed by atoms with Gasteiger partial charge in [-0.15, -0.1) is 0 Å². The zero-order chi connectivity index (χ0) is 21.7. The number of benzene rings is 1. The Balaban J connectivity index is 1.52. The molecule has 0 radical (unpaired) electrons. The topological polar surface area (TPSA) is 118 Å². The summed E-state index contributed by atoms with van der Waals surface area (Å²) in [5, 5.41) is 5.53. The summed E-state index contributed by atoms with van der Waals surface area (Å²) in [6.07, 6.45) is 0.181. The minimum absolute atomic E-state index is 0.0171. The summed E-state index contributed by atoms with van der Waals surface area (Å²) < 4.78 is 4.95. The fourth-order valence-electron chi connectivity index (χ4n) is 2.98. The molecule has 9 nitrogen and oxygen atoms in total. The average molecular weight is 430 g/mol. The van der Waals surface area contributed by atoms with Gasteiger partial charge in [-0.3, -0.25) is 14.5 Å². The fraction of sp³-hybridized carbons (Fsp3) is 0.350. The van der Waals surface area contributed by atoms with Gasteiger partial charge in [0.1, 0.15) is 10.9 Å². The zero-order valence-corrected chi connectivity index (χ0v) is 17.5. The third-order valence-corrected chi connectivity index (χ3v) is 5.51. The first-order valence-electron chi connectivity index (χ1n) is 9.49. The van der Waals surface area contributed by atoms with E-state index in [0.717, 1.165) is 21.8 Å². The fourth-order valence-corrected chi connectivity index (χ4v) is 3.86. The predicted octanol–water partition coefficient (Wildman–Crippen LogP) is 2.47. The largest absolute Gasteiger partial charge is 0.462 e. The second-order valence-corrected chi connectivity index (χ2v) is 7.65. The molecule has 158 valence electrons. The molecule has 3 rings (SSSR count). The van der Waals surface area contributed by atoms with E-state index in [1.165, 1.54) is 0 Å². The number of hydrogen-bond donors (Lipinski definition) is 2. The monoisotopic (exact) mass is 430 g/mol. The van der Waals surface area contributed by atoms with Gasteiger partial charge in [-0.25, -0.2) is 14.6 Å². The molecule has 30 heavy (non-hydrogen) atoms. The SMILES string of the molecule is CCOC(=O)c1sc(NC(=O)CC[C@@H]2NC(=O)N(Cc3ccccc3)C2=O)nc1C. The van der Waals surface area contributed by atoms with Crippen molar-refractivity contribution in [2.45, 2.75) is 39.3 Å². The summed E-state index contributed by atoms with van der Waals surface area (Å²) in [7, 11) is 0. The van der Waals surface area contributed by atoms with Gasteiger partial charge in [-0.05, 0) is 25.8 Å². The van der Waals surface area contributed by atoms with Crippen LogP contribution >= 0.6 is 11.3 Å². The van der Waals surface area contributed by atoms with Gasteiger partial charge >= 0.3 is 12.0 Å². The van der Waals surface area contributed by atoms with Crippen LogP contribution in [-0.4, -0.2) is 46.3 Å². The van der Waals surface area contributed by atoms with Crippen LogP contribution in [0.4, 0.5) is 9.93 Å². The Labute approximate surface area is 177 Å². The second kappa shape index (κ2) is 9.49. The Morgan fingerprint density at radius 1 is 1.27 bits per heavy atom. The number of aryl methyl sites for hydroxylation is 1. The van der Waals surface area contributed by atoms with Gasteiger partial charge < -0.3 is 15.4 Å². The first kappa shape index (κ1) is 21.4. The number of aromatic nitrogens is 1. The molecular weight excluding hydrogens is 408 g/mol. The number of ether oxygens (including phenoxy) is 1. The number of nitrogens with one attached hydrogen (secondary N) is 2. The Hall–Kier alpha value is -3.27. The van der Waals surface area contributed by atoms with Gasteiger partial charge in [0.05, 0.1) is 18.8 Å². The van der Waals surface area contributed by atoms with Gasteiger partial charge in [0, 0.05) is 6.42 Å². The van der Waals surface area contributed by atoms with Gasteiger partial charge in [0.2, 0.25) is 5.91 Å². The van der Waals surface area contributed by atoms with Crippen molar-refractivity contribution in [3.05, 3.63) is 46.5 Å². The summed E-state index contributed by atoms with van der Waals surface area (Å²) >= 11 is 1.03. The molecule has 10 heteroatoms. The summed E-state index contributed by atoms with van der Waals surface area (Å²) in [4.78, 5) is 54.4. The Morgan fingerprint density at radius 3 is 2.70 bits per heavy atom. The minimum Gasteiger partial charge on any atom is -0.462 e. The number of thiazole rings is 1. The lowest BCUT2D eigenvalue weighted by Gasteiger charge is -2.13. The molecule has 1 aromatic heterocycles. The molecule has 2 aromatic rings. The van der Waals surface area contributed by atoms with Crippen molar-refractivity contribution in [2.75, 3.05) is 11.9 Å². The lowest BCUT2D eigenvalue weighted by atomic mass is 10.1. The predicted molar refractivity (Wildman–Crippen MR) is 110 cm³/mol. The smallest absolute Gasteiger partial charge is 0.350 e. The average Bonchev–Trinajstić information content (AvgIpc) is 3.21. The molecular formula is C20H22N4O5S. The number of esters is 1. The highest BCUT2D eigenvalue weighted by Gasteiger charge is 2.37. The van der Waals surface area contributed by atoms with Crippen molar-refractivity contribution < 1.29 is 23.9 Å². The summed E-state index contributed by atoms with van der Waals surface area (Å²) in [6.45, 7) is 3.80. The van der Waals surface area contributed by atoms with Crippen LogP contribution in [0.2, 0.25) is 0 Å². The third-order valence-electron chi connectivity index (χ3n) is 4.45. The highest BCUT2D eigenvalue weighted by atomic mass is 32.1. The molecule has 0 aliphatic carbocycles. The molecule has 1 saturated heterocycles. The van der Waals surface area contributed by atoms with E-state index in [1.807, 2.05) is 30.3 Å². The molecule has 0 spiro atoms. The van der Waals surface area contributed by atoms with E-state index in [9.17, 15) is 19.2 Å². The van der Waals surface area contributed by atoms with Crippen molar-refractivity contribution in [3.8, 4) is 0 Å². The number of urea groups is 1. The Bertz CT molecular complexity index is 959. The van der Waals surface area contributed by atoms with Crippen molar-refractivity contribution >= 4 is 40.3 Å². The number of carbonyl (C=O) groups is 4. The highest BCUT2D eigenvalue weighted by Crippen LogP contribution is 2.24.